The molecule has 32 heavy (non-hydrogen) atoms. The third-order valence-corrected chi connectivity index (χ3v) is 6.09. The van der Waals surface area contributed by atoms with Crippen molar-refractivity contribution in [2.45, 2.75) is 17.9 Å². The molecule has 0 radical (unpaired) electrons. The van der Waals surface area contributed by atoms with Crippen LogP contribution in [-0.4, -0.2) is 36.2 Å². The van der Waals surface area contributed by atoms with Gasteiger partial charge in [-0.25, -0.2) is 0 Å². The molecule has 2 amide bonds. The zero-order valence-corrected chi connectivity index (χ0v) is 18.3. The zero-order valence-electron chi connectivity index (χ0n) is 17.5. The van der Waals surface area contributed by atoms with E-state index in [1.807, 2.05) is 66.7 Å². The third-order valence-electron chi connectivity index (χ3n) is 5.04. The van der Waals surface area contributed by atoms with E-state index in [2.05, 4.69) is 5.32 Å². The third kappa shape index (κ3) is 4.84. The van der Waals surface area contributed by atoms with Crippen molar-refractivity contribution >= 4 is 40.9 Å². The molecule has 0 fully saturated rings. The molecule has 4 rings (SSSR count). The van der Waals surface area contributed by atoms with Gasteiger partial charge in [0.15, 0.2) is 6.10 Å². The van der Waals surface area contributed by atoms with Crippen LogP contribution in [0.5, 0.6) is 0 Å². The lowest BCUT2D eigenvalue weighted by molar-refractivity contribution is -0.152. The highest BCUT2D eigenvalue weighted by Crippen LogP contribution is 2.34. The van der Waals surface area contributed by atoms with Gasteiger partial charge in [-0.15, -0.1) is 11.8 Å². The van der Waals surface area contributed by atoms with E-state index in [1.165, 1.54) is 23.6 Å². The molecule has 0 saturated heterocycles. The maximum absolute atomic E-state index is 12.7. The van der Waals surface area contributed by atoms with E-state index in [0.717, 1.165) is 16.0 Å². The molecule has 0 saturated carbocycles. The van der Waals surface area contributed by atoms with E-state index in [4.69, 9.17) is 4.74 Å². The number of carbonyl (C=O) groups excluding carboxylic acids is 3. The topological polar surface area (TPSA) is 75.7 Å². The maximum atomic E-state index is 12.7. The molecule has 1 atom stereocenters. The quantitative estimate of drug-likeness (QED) is 0.570. The summed E-state index contributed by atoms with van der Waals surface area (Å²) in [7, 11) is 0. The number of amides is 2. The first-order valence-electron chi connectivity index (χ1n) is 10.2. The van der Waals surface area contributed by atoms with Crippen molar-refractivity contribution in [3.8, 4) is 11.1 Å². The molecule has 3 aromatic rings. The lowest BCUT2D eigenvalue weighted by Gasteiger charge is -2.28. The fourth-order valence-corrected chi connectivity index (χ4v) is 4.38. The predicted octanol–water partition coefficient (Wildman–Crippen LogP) is 4.36. The lowest BCUT2D eigenvalue weighted by Crippen LogP contribution is -2.41. The van der Waals surface area contributed by atoms with Crippen LogP contribution in [0, 0.1) is 0 Å². The molecule has 1 aliphatic heterocycles. The first-order valence-corrected chi connectivity index (χ1v) is 11.2. The van der Waals surface area contributed by atoms with E-state index in [9.17, 15) is 14.4 Å². The second kappa shape index (κ2) is 9.70. The van der Waals surface area contributed by atoms with E-state index >= 15 is 0 Å². The Bertz CT molecular complexity index is 1150. The Labute approximate surface area is 190 Å². The minimum absolute atomic E-state index is 0.167. The molecule has 6 nitrogen and oxygen atoms in total. The molecule has 162 valence electrons. The number of hydrogen-bond donors (Lipinski definition) is 1. The Kier molecular flexibility index (Phi) is 6.56. The molecular formula is C25H22N2O4S. The Morgan fingerprint density at radius 2 is 1.69 bits per heavy atom. The average molecular weight is 447 g/mol. The summed E-state index contributed by atoms with van der Waals surface area (Å²) < 4.78 is 5.34. The molecule has 0 aliphatic carbocycles. The summed E-state index contributed by atoms with van der Waals surface area (Å²) in [5, 5.41) is 2.84. The smallest absolute Gasteiger partial charge is 0.326 e. The zero-order chi connectivity index (χ0) is 22.5. The van der Waals surface area contributed by atoms with Crippen molar-refractivity contribution in [3.05, 3.63) is 78.9 Å². The van der Waals surface area contributed by atoms with Crippen molar-refractivity contribution < 1.29 is 19.1 Å². The lowest BCUT2D eigenvalue weighted by atomic mass is 10.0. The van der Waals surface area contributed by atoms with Crippen LogP contribution < -0.4 is 10.2 Å². The van der Waals surface area contributed by atoms with Crippen LogP contribution in [0.25, 0.3) is 11.1 Å². The van der Waals surface area contributed by atoms with Gasteiger partial charge in [0.05, 0.1) is 11.4 Å². The highest BCUT2D eigenvalue weighted by molar-refractivity contribution is 8.00. The molecule has 1 aliphatic rings. The van der Waals surface area contributed by atoms with Crippen LogP contribution in [0.1, 0.15) is 6.92 Å². The van der Waals surface area contributed by atoms with Gasteiger partial charge in [0, 0.05) is 16.1 Å². The maximum Gasteiger partial charge on any atom is 0.326 e. The Hall–Kier alpha value is -3.58. The van der Waals surface area contributed by atoms with Crippen molar-refractivity contribution in [1.82, 2.24) is 0 Å². The van der Waals surface area contributed by atoms with Gasteiger partial charge in [-0.05, 0) is 30.7 Å². The fourth-order valence-electron chi connectivity index (χ4n) is 3.44. The van der Waals surface area contributed by atoms with Gasteiger partial charge < -0.3 is 10.1 Å². The van der Waals surface area contributed by atoms with Crippen molar-refractivity contribution in [3.63, 3.8) is 0 Å². The number of thioether (sulfide) groups is 1. The summed E-state index contributed by atoms with van der Waals surface area (Å²) in [6.45, 7) is 1.27. The van der Waals surface area contributed by atoms with Gasteiger partial charge in [-0.2, -0.15) is 0 Å². The largest absolute Gasteiger partial charge is 0.451 e. The second-order valence-electron chi connectivity index (χ2n) is 7.27. The molecule has 1 unspecified atom stereocenters. The number of para-hydroxylation sites is 2. The highest BCUT2D eigenvalue weighted by Gasteiger charge is 2.28. The number of rotatable bonds is 6. The van der Waals surface area contributed by atoms with Crippen LogP contribution in [0.2, 0.25) is 0 Å². The molecule has 0 spiro atoms. The Balaban J connectivity index is 1.41. The summed E-state index contributed by atoms with van der Waals surface area (Å²) >= 11 is 1.44. The van der Waals surface area contributed by atoms with Crippen LogP contribution in [0.15, 0.2) is 83.8 Å². The standard InChI is InChI=1S/C25H22N2O4S/c1-17(25(30)26-20-12-6-5-11-19(20)18-9-3-2-4-10-18)31-24(29)15-27-21-13-7-8-14-22(21)32-16-23(27)28/h2-14,17H,15-16H2,1H3,(H,26,30). The van der Waals surface area contributed by atoms with Gasteiger partial charge in [0.2, 0.25) is 5.91 Å². The minimum Gasteiger partial charge on any atom is -0.451 e. The van der Waals surface area contributed by atoms with E-state index in [-0.39, 0.29) is 18.2 Å². The van der Waals surface area contributed by atoms with Crippen LogP contribution in [-0.2, 0) is 19.1 Å². The summed E-state index contributed by atoms with van der Waals surface area (Å²) in [6, 6.07) is 24.5. The summed E-state index contributed by atoms with van der Waals surface area (Å²) in [4.78, 5) is 39.9. The Morgan fingerprint density at radius 1 is 1.00 bits per heavy atom. The number of nitrogens with zero attached hydrogens (tertiary/aromatic N) is 1. The van der Waals surface area contributed by atoms with Crippen molar-refractivity contribution in [2.75, 3.05) is 22.5 Å². The summed E-state index contributed by atoms with van der Waals surface area (Å²) in [6.07, 6.45) is -1.02. The normalized spacial score (nSPS) is 13.8. The van der Waals surface area contributed by atoms with E-state index in [1.54, 1.807) is 12.1 Å². The van der Waals surface area contributed by atoms with Gasteiger partial charge >= 0.3 is 5.97 Å². The summed E-state index contributed by atoms with van der Waals surface area (Å²) in [5.74, 6) is -0.988. The van der Waals surface area contributed by atoms with Crippen molar-refractivity contribution in [1.29, 1.82) is 0 Å². The predicted molar refractivity (Wildman–Crippen MR) is 126 cm³/mol. The molecule has 7 heteroatoms. The molecule has 0 aromatic heterocycles. The molecule has 0 bridgehead atoms. The van der Waals surface area contributed by atoms with Crippen LogP contribution >= 0.6 is 11.8 Å². The van der Waals surface area contributed by atoms with E-state index in [0.29, 0.717) is 11.4 Å². The monoisotopic (exact) mass is 446 g/mol. The van der Waals surface area contributed by atoms with Gasteiger partial charge in [-0.3, -0.25) is 19.3 Å². The first-order chi connectivity index (χ1) is 15.5. The van der Waals surface area contributed by atoms with Gasteiger partial charge in [0.1, 0.15) is 6.54 Å². The van der Waals surface area contributed by atoms with Crippen LogP contribution in [0.3, 0.4) is 0 Å². The summed E-state index contributed by atoms with van der Waals surface area (Å²) in [5.41, 5.74) is 3.14. The second-order valence-corrected chi connectivity index (χ2v) is 8.29. The number of carbonyl (C=O) groups is 3. The van der Waals surface area contributed by atoms with Gasteiger partial charge in [0.25, 0.3) is 5.91 Å². The molecule has 1 heterocycles. The minimum atomic E-state index is -1.02. The van der Waals surface area contributed by atoms with Crippen LogP contribution in [0.4, 0.5) is 11.4 Å². The number of esters is 1. The number of benzene rings is 3. The fraction of sp³-hybridized carbons (Fsp3) is 0.160. The van der Waals surface area contributed by atoms with E-state index < -0.39 is 18.0 Å². The molecule has 3 aromatic carbocycles. The van der Waals surface area contributed by atoms with Crippen molar-refractivity contribution in [2.24, 2.45) is 0 Å². The molecule has 1 N–H and O–H groups in total. The SMILES string of the molecule is CC(OC(=O)CN1C(=O)CSc2ccccc21)C(=O)Nc1ccccc1-c1ccccc1. The first kappa shape index (κ1) is 21.6. The molecular weight excluding hydrogens is 424 g/mol. The number of hydrogen-bond acceptors (Lipinski definition) is 5. The number of ether oxygens (including phenoxy) is 1. The highest BCUT2D eigenvalue weighted by atomic mass is 32.2. The number of anilines is 2. The Morgan fingerprint density at radius 3 is 2.50 bits per heavy atom. The number of fused-ring (bicyclic) bond motifs is 1. The average Bonchev–Trinajstić information content (AvgIpc) is 2.82. The van der Waals surface area contributed by atoms with Gasteiger partial charge in [-0.1, -0.05) is 60.7 Å². The number of nitrogens with one attached hydrogen (secondary N) is 1.